The molecule has 0 spiro atoms. The number of fused-ring (bicyclic) bond motifs is 1. The fourth-order valence-electron chi connectivity index (χ4n) is 1.60. The number of benzene rings is 2. The van der Waals surface area contributed by atoms with Gasteiger partial charge in [-0.15, -0.1) is 0 Å². The van der Waals surface area contributed by atoms with Crippen molar-refractivity contribution in [3.63, 3.8) is 0 Å². The predicted molar refractivity (Wildman–Crippen MR) is 54.6 cm³/mol. The maximum Gasteiger partial charge on any atom is 0.707 e. The molecule has 0 aliphatic carbocycles. The molecule has 0 atom stereocenters. The molecule has 0 radical (unpaired) electrons. The van der Waals surface area contributed by atoms with Crippen LogP contribution in [0.3, 0.4) is 0 Å². The van der Waals surface area contributed by atoms with Gasteiger partial charge in [-0.1, -0.05) is 0 Å². The van der Waals surface area contributed by atoms with E-state index in [0.717, 1.165) is 6.07 Å². The molecule has 0 bridgehead atoms. The van der Waals surface area contributed by atoms with Crippen LogP contribution in [0.25, 0.3) is 10.8 Å². The third-order valence-corrected chi connectivity index (χ3v) is 2.37. The molecule has 0 unspecified atom stereocenters. The SMILES string of the molecule is OB(O)Oc1c(F)c(F)c(F)c2c(F)c(F)ccc12. The molecule has 0 aromatic heterocycles. The van der Waals surface area contributed by atoms with Crippen LogP contribution in [-0.4, -0.2) is 17.4 Å². The van der Waals surface area contributed by atoms with E-state index >= 15 is 0 Å². The van der Waals surface area contributed by atoms with Crippen LogP contribution in [0.4, 0.5) is 22.0 Å². The summed E-state index contributed by atoms with van der Waals surface area (Å²) in [6, 6.07) is 1.25. The first-order valence-electron chi connectivity index (χ1n) is 4.81. The van der Waals surface area contributed by atoms with Gasteiger partial charge in [-0.25, -0.2) is 17.6 Å². The molecule has 0 aliphatic heterocycles. The zero-order valence-electron chi connectivity index (χ0n) is 8.92. The largest absolute Gasteiger partial charge is 0.707 e. The second-order valence-corrected chi connectivity index (χ2v) is 3.50. The molecule has 2 N–H and O–H groups in total. The van der Waals surface area contributed by atoms with Gasteiger partial charge in [0.1, 0.15) is 0 Å². The van der Waals surface area contributed by atoms with Crippen molar-refractivity contribution in [1.29, 1.82) is 0 Å². The minimum absolute atomic E-state index is 0.533. The average molecular weight is 278 g/mol. The number of hydrogen-bond donors (Lipinski definition) is 2. The molecular weight excluding hydrogens is 274 g/mol. The van der Waals surface area contributed by atoms with Crippen LogP contribution in [-0.2, 0) is 0 Å². The summed E-state index contributed by atoms with van der Waals surface area (Å²) in [6.07, 6.45) is 0. The standard InChI is InChI=1S/C10H4BF5O3/c12-4-2-1-3-5(6(4)13)7(14)8(15)9(16)10(3)19-11(17)18/h1-2,17-18H. The number of rotatable bonds is 2. The molecule has 3 nitrogen and oxygen atoms in total. The number of hydrogen-bond acceptors (Lipinski definition) is 3. The van der Waals surface area contributed by atoms with E-state index < -0.39 is 52.9 Å². The van der Waals surface area contributed by atoms with Crippen molar-refractivity contribution in [2.45, 2.75) is 0 Å². The summed E-state index contributed by atoms with van der Waals surface area (Å²) in [6.45, 7) is 0. The second-order valence-electron chi connectivity index (χ2n) is 3.50. The van der Waals surface area contributed by atoms with Gasteiger partial charge >= 0.3 is 7.32 Å². The van der Waals surface area contributed by atoms with E-state index in [0.29, 0.717) is 6.07 Å². The first-order valence-corrected chi connectivity index (χ1v) is 4.81. The predicted octanol–water partition coefficient (Wildman–Crippen LogP) is 1.88. The summed E-state index contributed by atoms with van der Waals surface area (Å²) in [4.78, 5) is 0. The van der Waals surface area contributed by atoms with Crippen LogP contribution < -0.4 is 4.65 Å². The van der Waals surface area contributed by atoms with Crippen molar-refractivity contribution in [1.82, 2.24) is 0 Å². The van der Waals surface area contributed by atoms with Crippen molar-refractivity contribution in [3.05, 3.63) is 41.2 Å². The lowest BCUT2D eigenvalue weighted by Crippen LogP contribution is -2.22. The van der Waals surface area contributed by atoms with Crippen LogP contribution in [0.5, 0.6) is 5.75 Å². The molecule has 0 heterocycles. The Bertz CT molecular complexity index is 662. The lowest BCUT2D eigenvalue weighted by Gasteiger charge is -2.12. The molecular formula is C10H4BF5O3. The van der Waals surface area contributed by atoms with Gasteiger partial charge in [0, 0.05) is 5.39 Å². The summed E-state index contributed by atoms with van der Waals surface area (Å²) in [5.41, 5.74) is 0. The molecule has 2 rings (SSSR count). The van der Waals surface area contributed by atoms with E-state index in [2.05, 4.69) is 4.65 Å². The molecule has 0 fully saturated rings. The van der Waals surface area contributed by atoms with E-state index in [1.54, 1.807) is 0 Å². The Hall–Kier alpha value is -1.87. The first-order chi connectivity index (χ1) is 8.84. The van der Waals surface area contributed by atoms with Gasteiger partial charge in [-0.2, -0.15) is 4.39 Å². The van der Waals surface area contributed by atoms with E-state index in [4.69, 9.17) is 10.0 Å². The highest BCUT2D eigenvalue weighted by molar-refractivity contribution is 6.34. The highest BCUT2D eigenvalue weighted by Crippen LogP contribution is 2.35. The zero-order chi connectivity index (χ0) is 14.3. The fourth-order valence-corrected chi connectivity index (χ4v) is 1.60. The quantitative estimate of drug-likeness (QED) is 0.501. The van der Waals surface area contributed by atoms with Gasteiger partial charge in [0.25, 0.3) is 0 Å². The van der Waals surface area contributed by atoms with Crippen molar-refractivity contribution >= 4 is 18.1 Å². The second kappa shape index (κ2) is 4.67. The van der Waals surface area contributed by atoms with E-state index in [1.807, 2.05) is 0 Å². The summed E-state index contributed by atoms with van der Waals surface area (Å²) in [5, 5.41) is 15.2. The van der Waals surface area contributed by atoms with Gasteiger partial charge < -0.3 is 14.7 Å². The Morgan fingerprint density at radius 2 is 1.47 bits per heavy atom. The molecule has 2 aromatic rings. The van der Waals surface area contributed by atoms with Gasteiger partial charge in [-0.05, 0) is 12.1 Å². The average Bonchev–Trinajstić information content (AvgIpc) is 2.35. The topological polar surface area (TPSA) is 49.7 Å². The Morgan fingerprint density at radius 3 is 2.05 bits per heavy atom. The van der Waals surface area contributed by atoms with Crippen LogP contribution in [0.1, 0.15) is 0 Å². The van der Waals surface area contributed by atoms with Crippen LogP contribution in [0.2, 0.25) is 0 Å². The third kappa shape index (κ3) is 2.10. The summed E-state index contributed by atoms with van der Waals surface area (Å²) >= 11 is 0. The fraction of sp³-hybridized carbons (Fsp3) is 0. The third-order valence-electron chi connectivity index (χ3n) is 2.37. The lowest BCUT2D eigenvalue weighted by atomic mass is 10.1. The van der Waals surface area contributed by atoms with E-state index in [9.17, 15) is 22.0 Å². The van der Waals surface area contributed by atoms with Crippen LogP contribution in [0.15, 0.2) is 12.1 Å². The van der Waals surface area contributed by atoms with Crippen molar-refractivity contribution < 1.29 is 36.7 Å². The molecule has 0 saturated heterocycles. The molecule has 9 heteroatoms. The molecule has 0 amide bonds. The van der Waals surface area contributed by atoms with Crippen LogP contribution in [0, 0.1) is 29.1 Å². The first kappa shape index (κ1) is 13.6. The summed E-state index contributed by atoms with van der Waals surface area (Å²) < 4.78 is 70.5. The monoisotopic (exact) mass is 278 g/mol. The molecule has 0 aliphatic rings. The molecule has 19 heavy (non-hydrogen) atoms. The Morgan fingerprint density at radius 1 is 0.842 bits per heavy atom. The van der Waals surface area contributed by atoms with Crippen molar-refractivity contribution in [2.75, 3.05) is 0 Å². The minimum atomic E-state index is -2.55. The minimum Gasteiger partial charge on any atom is -0.509 e. The maximum atomic E-state index is 13.4. The highest BCUT2D eigenvalue weighted by atomic mass is 19.2. The van der Waals surface area contributed by atoms with Gasteiger partial charge in [-0.3, -0.25) is 0 Å². The normalized spacial score (nSPS) is 10.9. The highest BCUT2D eigenvalue weighted by Gasteiger charge is 2.27. The van der Waals surface area contributed by atoms with Crippen LogP contribution >= 0.6 is 0 Å². The lowest BCUT2D eigenvalue weighted by molar-refractivity contribution is 0.280. The van der Waals surface area contributed by atoms with Gasteiger partial charge in [0.15, 0.2) is 29.0 Å². The Balaban J connectivity index is 2.92. The Labute approximate surface area is 103 Å². The summed E-state index contributed by atoms with van der Waals surface area (Å²) in [5.74, 6) is -10.3. The molecule has 2 aromatic carbocycles. The van der Waals surface area contributed by atoms with E-state index in [1.165, 1.54) is 0 Å². The van der Waals surface area contributed by atoms with Crippen molar-refractivity contribution in [2.24, 2.45) is 0 Å². The maximum absolute atomic E-state index is 13.4. The van der Waals surface area contributed by atoms with E-state index in [-0.39, 0.29) is 0 Å². The van der Waals surface area contributed by atoms with Gasteiger partial charge in [0.2, 0.25) is 5.82 Å². The molecule has 0 saturated carbocycles. The zero-order valence-corrected chi connectivity index (χ0v) is 8.92. The number of halogens is 5. The molecule has 100 valence electrons. The van der Waals surface area contributed by atoms with Gasteiger partial charge in [0.05, 0.1) is 5.39 Å². The summed E-state index contributed by atoms with van der Waals surface area (Å²) in [7, 11) is -2.55. The van der Waals surface area contributed by atoms with Crippen molar-refractivity contribution in [3.8, 4) is 5.75 Å². The smallest absolute Gasteiger partial charge is 0.509 e. The Kier molecular flexibility index (Phi) is 3.33.